The van der Waals surface area contributed by atoms with Crippen LogP contribution < -0.4 is 5.32 Å². The highest BCUT2D eigenvalue weighted by Gasteiger charge is 2.07. The summed E-state index contributed by atoms with van der Waals surface area (Å²) in [5.74, 6) is 0.438. The second-order valence-electron chi connectivity index (χ2n) is 3.67. The first-order valence-electron chi connectivity index (χ1n) is 5.19. The standard InChI is InChI=1S/C13H12N2O2/c1-9-3-2-8-14-12(9)15-13(17)10-4-6-11(16)7-5-10/h2-8,16H,1H3,(H,14,15,17). The highest BCUT2D eigenvalue weighted by atomic mass is 16.3. The Bertz CT molecular complexity index is 535. The zero-order valence-corrected chi connectivity index (χ0v) is 9.34. The number of hydrogen-bond donors (Lipinski definition) is 2. The lowest BCUT2D eigenvalue weighted by Crippen LogP contribution is -2.13. The first-order valence-corrected chi connectivity index (χ1v) is 5.19. The third kappa shape index (κ3) is 2.60. The van der Waals surface area contributed by atoms with E-state index in [2.05, 4.69) is 10.3 Å². The van der Waals surface area contributed by atoms with E-state index in [1.54, 1.807) is 18.3 Å². The van der Waals surface area contributed by atoms with E-state index in [9.17, 15) is 4.79 Å². The van der Waals surface area contributed by atoms with Gasteiger partial charge < -0.3 is 10.4 Å². The monoisotopic (exact) mass is 228 g/mol. The van der Waals surface area contributed by atoms with Gasteiger partial charge in [-0.2, -0.15) is 0 Å². The molecule has 0 unspecified atom stereocenters. The Kier molecular flexibility index (Phi) is 3.05. The summed E-state index contributed by atoms with van der Waals surface area (Å²) in [6.07, 6.45) is 1.62. The molecule has 2 rings (SSSR count). The Hall–Kier alpha value is -2.36. The molecule has 0 saturated heterocycles. The van der Waals surface area contributed by atoms with E-state index in [-0.39, 0.29) is 11.7 Å². The van der Waals surface area contributed by atoms with Crippen molar-refractivity contribution in [2.45, 2.75) is 6.92 Å². The van der Waals surface area contributed by atoms with E-state index in [0.29, 0.717) is 11.4 Å². The fraction of sp³-hybridized carbons (Fsp3) is 0.0769. The van der Waals surface area contributed by atoms with Crippen LogP contribution in [0.5, 0.6) is 5.75 Å². The number of benzene rings is 1. The van der Waals surface area contributed by atoms with Crippen LogP contribution in [0.25, 0.3) is 0 Å². The van der Waals surface area contributed by atoms with Gasteiger partial charge in [0.1, 0.15) is 11.6 Å². The number of carbonyl (C=O) groups is 1. The molecule has 2 aromatic rings. The number of phenolic OH excluding ortho intramolecular Hbond substituents is 1. The molecule has 0 radical (unpaired) electrons. The molecule has 17 heavy (non-hydrogen) atoms. The highest BCUT2D eigenvalue weighted by molar-refractivity contribution is 6.04. The van der Waals surface area contributed by atoms with Crippen LogP contribution in [0.3, 0.4) is 0 Å². The molecule has 2 N–H and O–H groups in total. The summed E-state index contributed by atoms with van der Waals surface area (Å²) < 4.78 is 0. The van der Waals surface area contributed by atoms with E-state index in [1.165, 1.54) is 12.1 Å². The Balaban J connectivity index is 2.17. The maximum atomic E-state index is 11.8. The average molecular weight is 228 g/mol. The van der Waals surface area contributed by atoms with Gasteiger partial charge in [0.15, 0.2) is 0 Å². The molecule has 1 aromatic carbocycles. The lowest BCUT2D eigenvalue weighted by molar-refractivity contribution is 0.102. The number of carbonyl (C=O) groups excluding carboxylic acids is 1. The van der Waals surface area contributed by atoms with Gasteiger partial charge in [-0.05, 0) is 42.8 Å². The highest BCUT2D eigenvalue weighted by Crippen LogP contribution is 2.13. The summed E-state index contributed by atoms with van der Waals surface area (Å²) in [4.78, 5) is 15.9. The molecule has 0 fully saturated rings. The van der Waals surface area contributed by atoms with Crippen molar-refractivity contribution in [1.82, 2.24) is 4.98 Å². The normalized spacial score (nSPS) is 9.94. The van der Waals surface area contributed by atoms with Crippen LogP contribution >= 0.6 is 0 Å². The van der Waals surface area contributed by atoms with Crippen LogP contribution in [0, 0.1) is 6.92 Å². The van der Waals surface area contributed by atoms with E-state index in [0.717, 1.165) is 5.56 Å². The number of aryl methyl sites for hydroxylation is 1. The minimum absolute atomic E-state index is 0.135. The lowest BCUT2D eigenvalue weighted by Gasteiger charge is -2.06. The SMILES string of the molecule is Cc1cccnc1NC(=O)c1ccc(O)cc1. The molecule has 4 nitrogen and oxygen atoms in total. The number of nitrogens with one attached hydrogen (secondary N) is 1. The largest absolute Gasteiger partial charge is 0.508 e. The number of amides is 1. The minimum Gasteiger partial charge on any atom is -0.508 e. The molecule has 0 spiro atoms. The van der Waals surface area contributed by atoms with Gasteiger partial charge in [0.2, 0.25) is 0 Å². The van der Waals surface area contributed by atoms with Crippen molar-refractivity contribution >= 4 is 11.7 Å². The number of nitrogens with zero attached hydrogens (tertiary/aromatic N) is 1. The van der Waals surface area contributed by atoms with Gasteiger partial charge in [0, 0.05) is 11.8 Å². The maximum Gasteiger partial charge on any atom is 0.256 e. The molecule has 0 atom stereocenters. The van der Waals surface area contributed by atoms with E-state index in [4.69, 9.17) is 5.11 Å². The second kappa shape index (κ2) is 4.65. The number of phenols is 1. The summed E-state index contributed by atoms with van der Waals surface area (Å²) in [6, 6.07) is 9.75. The topological polar surface area (TPSA) is 62.2 Å². The van der Waals surface area contributed by atoms with E-state index < -0.39 is 0 Å². The van der Waals surface area contributed by atoms with Gasteiger partial charge in [0.05, 0.1) is 0 Å². The number of rotatable bonds is 2. The maximum absolute atomic E-state index is 11.8. The van der Waals surface area contributed by atoms with Gasteiger partial charge in [-0.1, -0.05) is 6.07 Å². The van der Waals surface area contributed by atoms with Crippen LogP contribution in [0.1, 0.15) is 15.9 Å². The van der Waals surface area contributed by atoms with Gasteiger partial charge in [-0.3, -0.25) is 4.79 Å². The fourth-order valence-electron chi connectivity index (χ4n) is 1.41. The van der Waals surface area contributed by atoms with Crippen molar-refractivity contribution < 1.29 is 9.90 Å². The summed E-state index contributed by atoms with van der Waals surface area (Å²) in [5.41, 5.74) is 1.38. The van der Waals surface area contributed by atoms with Crippen LogP contribution in [-0.4, -0.2) is 16.0 Å². The van der Waals surface area contributed by atoms with E-state index >= 15 is 0 Å². The zero-order chi connectivity index (χ0) is 12.3. The predicted octanol–water partition coefficient (Wildman–Crippen LogP) is 2.35. The average Bonchev–Trinajstić information content (AvgIpc) is 2.33. The molecule has 0 saturated carbocycles. The molecule has 1 heterocycles. The van der Waals surface area contributed by atoms with Crippen LogP contribution in [-0.2, 0) is 0 Å². The third-order valence-corrected chi connectivity index (χ3v) is 2.37. The van der Waals surface area contributed by atoms with Gasteiger partial charge >= 0.3 is 0 Å². The third-order valence-electron chi connectivity index (χ3n) is 2.37. The van der Waals surface area contributed by atoms with Crippen LogP contribution in [0.4, 0.5) is 5.82 Å². The predicted molar refractivity (Wildman–Crippen MR) is 65.0 cm³/mol. The molecule has 1 aromatic heterocycles. The fourth-order valence-corrected chi connectivity index (χ4v) is 1.41. The molecule has 86 valence electrons. The van der Waals surface area contributed by atoms with E-state index in [1.807, 2.05) is 19.1 Å². The van der Waals surface area contributed by atoms with Crippen molar-refractivity contribution in [1.29, 1.82) is 0 Å². The second-order valence-corrected chi connectivity index (χ2v) is 3.67. The molecule has 0 aliphatic heterocycles. The number of pyridine rings is 1. The van der Waals surface area contributed by atoms with Crippen LogP contribution in [0.2, 0.25) is 0 Å². The Morgan fingerprint density at radius 3 is 2.59 bits per heavy atom. The van der Waals surface area contributed by atoms with Crippen LogP contribution in [0.15, 0.2) is 42.6 Å². The van der Waals surface area contributed by atoms with Crippen molar-refractivity contribution in [2.75, 3.05) is 5.32 Å². The summed E-state index contributed by atoms with van der Waals surface area (Å²) in [5, 5.41) is 11.8. The Labute approximate surface area is 98.9 Å². The van der Waals surface area contributed by atoms with Crippen molar-refractivity contribution in [3.05, 3.63) is 53.7 Å². The molecular weight excluding hydrogens is 216 g/mol. The van der Waals surface area contributed by atoms with Crippen molar-refractivity contribution in [3.8, 4) is 5.75 Å². The zero-order valence-electron chi connectivity index (χ0n) is 9.34. The quantitative estimate of drug-likeness (QED) is 0.829. The molecule has 0 bridgehead atoms. The van der Waals surface area contributed by atoms with Crippen molar-refractivity contribution in [3.63, 3.8) is 0 Å². The minimum atomic E-state index is -0.244. The number of hydrogen-bond acceptors (Lipinski definition) is 3. The van der Waals surface area contributed by atoms with Gasteiger partial charge in [-0.15, -0.1) is 0 Å². The summed E-state index contributed by atoms with van der Waals surface area (Å²) in [6.45, 7) is 1.87. The summed E-state index contributed by atoms with van der Waals surface area (Å²) in [7, 11) is 0. The number of aromatic hydroxyl groups is 1. The van der Waals surface area contributed by atoms with Gasteiger partial charge in [-0.25, -0.2) is 4.98 Å². The molecule has 4 heteroatoms. The molecule has 1 amide bonds. The lowest BCUT2D eigenvalue weighted by atomic mass is 10.2. The first-order chi connectivity index (χ1) is 8.16. The number of aromatic nitrogens is 1. The first kappa shape index (κ1) is 11.1. The molecule has 0 aliphatic carbocycles. The molecule has 0 aliphatic rings. The molecular formula is C13H12N2O2. The van der Waals surface area contributed by atoms with Gasteiger partial charge in [0.25, 0.3) is 5.91 Å². The van der Waals surface area contributed by atoms with Crippen molar-refractivity contribution in [2.24, 2.45) is 0 Å². The smallest absolute Gasteiger partial charge is 0.256 e. The Morgan fingerprint density at radius 2 is 1.94 bits per heavy atom. The summed E-state index contributed by atoms with van der Waals surface area (Å²) >= 11 is 0. The Morgan fingerprint density at radius 1 is 1.24 bits per heavy atom. The number of anilines is 1.